The van der Waals surface area contributed by atoms with Crippen molar-refractivity contribution in [2.24, 2.45) is 0 Å². The van der Waals surface area contributed by atoms with Gasteiger partial charge in [0.25, 0.3) is 0 Å². The number of imidazole rings is 1. The first kappa shape index (κ1) is 12.0. The molecule has 0 saturated carbocycles. The first-order valence-corrected chi connectivity index (χ1v) is 5.14. The molecular formula is C10H20N4O. The SMILES string of the molecule is CC(C)N(C)CC(O)Cn1cnc(N)c1. The summed E-state index contributed by atoms with van der Waals surface area (Å²) in [5.41, 5.74) is 5.48. The molecular weight excluding hydrogens is 192 g/mol. The van der Waals surface area contributed by atoms with E-state index in [0.29, 0.717) is 24.9 Å². The molecule has 0 saturated heterocycles. The summed E-state index contributed by atoms with van der Waals surface area (Å²) in [7, 11) is 2.00. The number of nitrogens with two attached hydrogens (primary N) is 1. The molecule has 5 nitrogen and oxygen atoms in total. The van der Waals surface area contributed by atoms with Crippen LogP contribution in [0.2, 0.25) is 0 Å². The largest absolute Gasteiger partial charge is 0.390 e. The van der Waals surface area contributed by atoms with Gasteiger partial charge in [0.15, 0.2) is 0 Å². The summed E-state index contributed by atoms with van der Waals surface area (Å²) in [5.74, 6) is 0.486. The van der Waals surface area contributed by atoms with Gasteiger partial charge in [0.05, 0.1) is 19.0 Å². The fourth-order valence-corrected chi connectivity index (χ4v) is 1.32. The lowest BCUT2D eigenvalue weighted by Crippen LogP contribution is -2.36. The molecule has 5 heteroatoms. The minimum absolute atomic E-state index is 0.397. The van der Waals surface area contributed by atoms with Crippen molar-refractivity contribution in [2.75, 3.05) is 19.3 Å². The van der Waals surface area contributed by atoms with Crippen molar-refractivity contribution < 1.29 is 5.11 Å². The molecule has 0 spiro atoms. The lowest BCUT2D eigenvalue weighted by Gasteiger charge is -2.24. The average Bonchev–Trinajstić information content (AvgIpc) is 2.50. The van der Waals surface area contributed by atoms with E-state index in [0.717, 1.165) is 0 Å². The first-order chi connectivity index (χ1) is 6.99. The lowest BCUT2D eigenvalue weighted by atomic mass is 10.2. The van der Waals surface area contributed by atoms with Gasteiger partial charge in [-0.1, -0.05) is 0 Å². The third-order valence-corrected chi connectivity index (χ3v) is 2.46. The molecule has 0 amide bonds. The second kappa shape index (κ2) is 5.14. The normalized spacial score (nSPS) is 13.7. The van der Waals surface area contributed by atoms with Crippen molar-refractivity contribution in [3.63, 3.8) is 0 Å². The molecule has 1 aromatic rings. The predicted molar refractivity (Wildman–Crippen MR) is 60.4 cm³/mol. The highest BCUT2D eigenvalue weighted by molar-refractivity contribution is 5.22. The van der Waals surface area contributed by atoms with E-state index >= 15 is 0 Å². The van der Waals surface area contributed by atoms with E-state index in [4.69, 9.17) is 5.73 Å². The van der Waals surface area contributed by atoms with Crippen LogP contribution >= 0.6 is 0 Å². The molecule has 86 valence electrons. The third-order valence-electron chi connectivity index (χ3n) is 2.46. The Labute approximate surface area is 90.5 Å². The van der Waals surface area contributed by atoms with Crippen LogP contribution in [0.4, 0.5) is 5.82 Å². The van der Waals surface area contributed by atoms with Gasteiger partial charge in [-0.15, -0.1) is 0 Å². The van der Waals surface area contributed by atoms with Crippen molar-refractivity contribution >= 4 is 5.82 Å². The number of likely N-dealkylation sites (N-methyl/N-ethyl adjacent to an activating group) is 1. The minimum atomic E-state index is -0.397. The summed E-state index contributed by atoms with van der Waals surface area (Å²) in [6.45, 7) is 5.38. The Morgan fingerprint density at radius 2 is 2.27 bits per heavy atom. The van der Waals surface area contributed by atoms with Crippen LogP contribution < -0.4 is 5.73 Å². The van der Waals surface area contributed by atoms with Gasteiger partial charge in [-0.05, 0) is 20.9 Å². The molecule has 0 aliphatic heterocycles. The highest BCUT2D eigenvalue weighted by atomic mass is 16.3. The standard InChI is InChI=1S/C10H20N4O/c1-8(2)13(3)4-9(15)5-14-6-10(11)12-7-14/h6-9,15H,4-5,11H2,1-3H3. The van der Waals surface area contributed by atoms with Crippen LogP contribution in [-0.4, -0.2) is 45.3 Å². The van der Waals surface area contributed by atoms with Crippen LogP contribution in [-0.2, 0) is 6.54 Å². The molecule has 1 rings (SSSR count). The van der Waals surface area contributed by atoms with Gasteiger partial charge in [-0.2, -0.15) is 0 Å². The van der Waals surface area contributed by atoms with E-state index in [1.807, 2.05) is 7.05 Å². The average molecular weight is 212 g/mol. The summed E-state index contributed by atoms with van der Waals surface area (Å²) in [5, 5.41) is 9.80. The van der Waals surface area contributed by atoms with Gasteiger partial charge >= 0.3 is 0 Å². The molecule has 15 heavy (non-hydrogen) atoms. The Kier molecular flexibility index (Phi) is 4.11. The van der Waals surface area contributed by atoms with Crippen LogP contribution in [0, 0.1) is 0 Å². The van der Waals surface area contributed by atoms with E-state index in [1.165, 1.54) is 0 Å². The van der Waals surface area contributed by atoms with Crippen molar-refractivity contribution in [1.29, 1.82) is 0 Å². The zero-order chi connectivity index (χ0) is 11.4. The van der Waals surface area contributed by atoms with Crippen LogP contribution in [0.25, 0.3) is 0 Å². The molecule has 0 aromatic carbocycles. The number of aromatic nitrogens is 2. The highest BCUT2D eigenvalue weighted by Crippen LogP contribution is 2.01. The molecule has 1 unspecified atom stereocenters. The van der Waals surface area contributed by atoms with Crippen molar-refractivity contribution in [3.05, 3.63) is 12.5 Å². The van der Waals surface area contributed by atoms with Gasteiger partial charge < -0.3 is 20.3 Å². The zero-order valence-corrected chi connectivity index (χ0v) is 9.59. The second-order valence-corrected chi connectivity index (χ2v) is 4.18. The molecule has 3 N–H and O–H groups in total. The molecule has 0 aliphatic carbocycles. The van der Waals surface area contributed by atoms with E-state index < -0.39 is 6.10 Å². The summed E-state index contributed by atoms with van der Waals surface area (Å²) in [6.07, 6.45) is 2.96. The number of aliphatic hydroxyl groups excluding tert-OH is 1. The smallest absolute Gasteiger partial charge is 0.141 e. The van der Waals surface area contributed by atoms with Gasteiger partial charge in [-0.25, -0.2) is 4.98 Å². The van der Waals surface area contributed by atoms with Crippen LogP contribution in [0.3, 0.4) is 0 Å². The monoisotopic (exact) mass is 212 g/mol. The maximum absolute atomic E-state index is 9.80. The third kappa shape index (κ3) is 3.89. The van der Waals surface area contributed by atoms with Gasteiger partial charge in [0.2, 0.25) is 0 Å². The van der Waals surface area contributed by atoms with E-state index in [9.17, 15) is 5.11 Å². The summed E-state index contributed by atoms with van der Waals surface area (Å²) >= 11 is 0. The summed E-state index contributed by atoms with van der Waals surface area (Å²) in [4.78, 5) is 6.00. The summed E-state index contributed by atoms with van der Waals surface area (Å²) < 4.78 is 1.80. The van der Waals surface area contributed by atoms with Crippen LogP contribution in [0.1, 0.15) is 13.8 Å². The molecule has 1 atom stereocenters. The maximum Gasteiger partial charge on any atom is 0.141 e. The topological polar surface area (TPSA) is 67.3 Å². The van der Waals surface area contributed by atoms with Crippen molar-refractivity contribution in [1.82, 2.24) is 14.5 Å². The molecule has 1 heterocycles. The van der Waals surface area contributed by atoms with Crippen molar-refractivity contribution in [2.45, 2.75) is 32.5 Å². The lowest BCUT2D eigenvalue weighted by molar-refractivity contribution is 0.0974. The Bertz CT molecular complexity index is 297. The Morgan fingerprint density at radius 3 is 2.73 bits per heavy atom. The zero-order valence-electron chi connectivity index (χ0n) is 9.59. The van der Waals surface area contributed by atoms with Crippen molar-refractivity contribution in [3.8, 4) is 0 Å². The molecule has 0 radical (unpaired) electrons. The Balaban J connectivity index is 2.39. The van der Waals surface area contributed by atoms with Gasteiger partial charge in [-0.3, -0.25) is 0 Å². The highest BCUT2D eigenvalue weighted by Gasteiger charge is 2.11. The van der Waals surface area contributed by atoms with Crippen LogP contribution in [0.15, 0.2) is 12.5 Å². The van der Waals surface area contributed by atoms with Crippen LogP contribution in [0.5, 0.6) is 0 Å². The molecule has 1 aromatic heterocycles. The minimum Gasteiger partial charge on any atom is -0.390 e. The maximum atomic E-state index is 9.80. The molecule has 0 bridgehead atoms. The number of hydrogen-bond acceptors (Lipinski definition) is 4. The number of aliphatic hydroxyl groups is 1. The number of hydrogen-bond donors (Lipinski definition) is 2. The Hall–Kier alpha value is -1.07. The summed E-state index contributed by atoms with van der Waals surface area (Å²) in [6, 6.07) is 0.438. The van der Waals surface area contributed by atoms with Gasteiger partial charge in [0, 0.05) is 18.8 Å². The number of anilines is 1. The number of nitrogens with zero attached hydrogens (tertiary/aromatic N) is 3. The van der Waals surface area contributed by atoms with E-state index in [1.54, 1.807) is 17.1 Å². The quantitative estimate of drug-likeness (QED) is 0.730. The fraction of sp³-hybridized carbons (Fsp3) is 0.700. The van der Waals surface area contributed by atoms with E-state index in [2.05, 4.69) is 23.7 Å². The molecule has 0 fully saturated rings. The van der Waals surface area contributed by atoms with E-state index in [-0.39, 0.29) is 0 Å². The first-order valence-electron chi connectivity index (χ1n) is 5.14. The fourth-order valence-electron chi connectivity index (χ4n) is 1.32. The molecule has 0 aliphatic rings. The predicted octanol–water partition coefficient (Wildman–Crippen LogP) is 0.166. The second-order valence-electron chi connectivity index (χ2n) is 4.18. The Morgan fingerprint density at radius 1 is 1.60 bits per heavy atom. The number of rotatable bonds is 5. The van der Waals surface area contributed by atoms with Gasteiger partial charge in [0.1, 0.15) is 5.82 Å². The number of nitrogen functional groups attached to an aromatic ring is 1.